The van der Waals surface area contributed by atoms with E-state index in [4.69, 9.17) is 0 Å². The highest BCUT2D eigenvalue weighted by Crippen LogP contribution is 2.40. The summed E-state index contributed by atoms with van der Waals surface area (Å²) < 4.78 is 0. The zero-order valence-electron chi connectivity index (χ0n) is 8.48. The Kier molecular flexibility index (Phi) is 1.74. The molecule has 2 aliphatic rings. The maximum Gasteiger partial charge on any atom is 0.0363 e. The first kappa shape index (κ1) is 8.52. The normalized spacial score (nSPS) is 37.2. The molecule has 0 bridgehead atoms. The molecule has 2 fully saturated rings. The molecule has 0 aromatic heterocycles. The molecule has 0 saturated carbocycles. The Morgan fingerprint density at radius 1 is 1.25 bits per heavy atom. The van der Waals surface area contributed by atoms with Gasteiger partial charge in [0.2, 0.25) is 0 Å². The van der Waals surface area contributed by atoms with Gasteiger partial charge in [-0.05, 0) is 40.2 Å². The fraction of sp³-hybridized carbons (Fsp3) is 1.00. The summed E-state index contributed by atoms with van der Waals surface area (Å²) in [6.07, 6.45) is 2.75. The predicted molar refractivity (Wildman–Crippen MR) is 51.3 cm³/mol. The second kappa shape index (κ2) is 2.46. The maximum atomic E-state index is 3.48. The lowest BCUT2D eigenvalue weighted by Gasteiger charge is -2.57. The molecule has 2 saturated heterocycles. The fourth-order valence-electron chi connectivity index (χ4n) is 2.76. The average molecular weight is 168 g/mol. The Morgan fingerprint density at radius 3 is 2.33 bits per heavy atom. The topological polar surface area (TPSA) is 15.3 Å². The van der Waals surface area contributed by atoms with E-state index in [2.05, 4.69) is 31.0 Å². The predicted octanol–water partition coefficient (Wildman–Crippen LogP) is 1.22. The van der Waals surface area contributed by atoms with Gasteiger partial charge in [0.05, 0.1) is 0 Å². The quantitative estimate of drug-likeness (QED) is 0.585. The Hall–Kier alpha value is -0.0800. The lowest BCUT2D eigenvalue weighted by atomic mass is 9.79. The van der Waals surface area contributed by atoms with Crippen molar-refractivity contribution < 1.29 is 0 Å². The van der Waals surface area contributed by atoms with Gasteiger partial charge in [-0.15, -0.1) is 0 Å². The standard InChI is InChI=1S/C10H20N2/c1-9(2,3)12-7-5-10(12)4-6-11-8-10/h11H,4-8H2,1-3H3. The van der Waals surface area contributed by atoms with E-state index in [9.17, 15) is 0 Å². The summed E-state index contributed by atoms with van der Waals surface area (Å²) in [5.74, 6) is 0. The van der Waals surface area contributed by atoms with Gasteiger partial charge in [0.1, 0.15) is 0 Å². The van der Waals surface area contributed by atoms with E-state index >= 15 is 0 Å². The molecule has 0 amide bonds. The van der Waals surface area contributed by atoms with E-state index < -0.39 is 0 Å². The molecule has 0 aromatic rings. The van der Waals surface area contributed by atoms with Crippen LogP contribution >= 0.6 is 0 Å². The molecule has 1 N–H and O–H groups in total. The molecule has 0 aliphatic carbocycles. The summed E-state index contributed by atoms with van der Waals surface area (Å²) in [6.45, 7) is 10.7. The summed E-state index contributed by atoms with van der Waals surface area (Å²) in [4.78, 5) is 2.67. The number of hydrogen-bond donors (Lipinski definition) is 1. The molecule has 70 valence electrons. The molecule has 2 nitrogen and oxygen atoms in total. The van der Waals surface area contributed by atoms with Crippen LogP contribution in [0.4, 0.5) is 0 Å². The van der Waals surface area contributed by atoms with E-state index in [1.807, 2.05) is 0 Å². The van der Waals surface area contributed by atoms with Crippen molar-refractivity contribution in [2.75, 3.05) is 19.6 Å². The van der Waals surface area contributed by atoms with Crippen molar-refractivity contribution in [1.82, 2.24) is 10.2 Å². The van der Waals surface area contributed by atoms with E-state index in [0.29, 0.717) is 11.1 Å². The maximum absolute atomic E-state index is 3.48. The van der Waals surface area contributed by atoms with Crippen molar-refractivity contribution in [3.8, 4) is 0 Å². The van der Waals surface area contributed by atoms with Gasteiger partial charge in [-0.2, -0.15) is 0 Å². The highest BCUT2D eigenvalue weighted by molar-refractivity contribution is 5.08. The lowest BCUT2D eigenvalue weighted by Crippen LogP contribution is -2.67. The van der Waals surface area contributed by atoms with Crippen molar-refractivity contribution in [3.63, 3.8) is 0 Å². The highest BCUT2D eigenvalue weighted by Gasteiger charge is 2.50. The molecule has 12 heavy (non-hydrogen) atoms. The van der Waals surface area contributed by atoms with Crippen LogP contribution in [0.2, 0.25) is 0 Å². The second-order valence-electron chi connectivity index (χ2n) is 5.22. The number of likely N-dealkylation sites (tertiary alicyclic amines) is 1. The van der Waals surface area contributed by atoms with Crippen LogP contribution in [0.3, 0.4) is 0 Å². The van der Waals surface area contributed by atoms with Crippen LogP contribution in [0.5, 0.6) is 0 Å². The molecule has 1 atom stereocenters. The molecule has 2 heteroatoms. The van der Waals surface area contributed by atoms with E-state index in [1.165, 1.54) is 32.5 Å². The Morgan fingerprint density at radius 2 is 2.00 bits per heavy atom. The monoisotopic (exact) mass is 168 g/mol. The molecule has 0 radical (unpaired) electrons. The number of hydrogen-bond acceptors (Lipinski definition) is 2. The SMILES string of the molecule is CC(C)(C)N1CCC12CCNC2. The largest absolute Gasteiger partial charge is 0.315 e. The van der Waals surface area contributed by atoms with Gasteiger partial charge in [0.15, 0.2) is 0 Å². The molecule has 2 rings (SSSR count). The van der Waals surface area contributed by atoms with Crippen LogP contribution in [-0.4, -0.2) is 35.6 Å². The molecule has 2 aliphatic heterocycles. The van der Waals surface area contributed by atoms with E-state index in [1.54, 1.807) is 0 Å². The van der Waals surface area contributed by atoms with Crippen LogP contribution in [0, 0.1) is 0 Å². The number of nitrogens with zero attached hydrogens (tertiary/aromatic N) is 1. The Bertz CT molecular complexity index is 175. The first-order valence-corrected chi connectivity index (χ1v) is 5.03. The Labute approximate surface area is 75.3 Å². The molecule has 1 unspecified atom stereocenters. The highest BCUT2D eigenvalue weighted by atomic mass is 15.3. The van der Waals surface area contributed by atoms with Gasteiger partial charge < -0.3 is 5.32 Å². The third-order valence-corrected chi connectivity index (χ3v) is 3.40. The average Bonchev–Trinajstić information content (AvgIpc) is 2.28. The summed E-state index contributed by atoms with van der Waals surface area (Å²) in [5.41, 5.74) is 0.905. The minimum Gasteiger partial charge on any atom is -0.315 e. The zero-order chi connectivity index (χ0) is 8.82. The molecule has 2 heterocycles. The van der Waals surface area contributed by atoms with E-state index in [0.717, 1.165) is 0 Å². The van der Waals surface area contributed by atoms with Crippen molar-refractivity contribution in [2.45, 2.75) is 44.7 Å². The number of rotatable bonds is 0. The lowest BCUT2D eigenvalue weighted by molar-refractivity contribution is -0.0677. The van der Waals surface area contributed by atoms with Crippen LogP contribution in [0.15, 0.2) is 0 Å². The van der Waals surface area contributed by atoms with Gasteiger partial charge >= 0.3 is 0 Å². The van der Waals surface area contributed by atoms with Gasteiger partial charge in [-0.3, -0.25) is 4.90 Å². The van der Waals surface area contributed by atoms with Gasteiger partial charge in [-0.1, -0.05) is 0 Å². The summed E-state index contributed by atoms with van der Waals surface area (Å²) in [6, 6.07) is 0. The van der Waals surface area contributed by atoms with Crippen LogP contribution in [0.1, 0.15) is 33.6 Å². The fourth-order valence-corrected chi connectivity index (χ4v) is 2.76. The third kappa shape index (κ3) is 1.09. The van der Waals surface area contributed by atoms with Gasteiger partial charge in [0.25, 0.3) is 0 Å². The van der Waals surface area contributed by atoms with Crippen molar-refractivity contribution in [2.24, 2.45) is 0 Å². The summed E-state index contributed by atoms with van der Waals surface area (Å²) >= 11 is 0. The summed E-state index contributed by atoms with van der Waals surface area (Å²) in [7, 11) is 0. The van der Waals surface area contributed by atoms with Crippen LogP contribution < -0.4 is 5.32 Å². The smallest absolute Gasteiger partial charge is 0.0363 e. The first-order valence-electron chi connectivity index (χ1n) is 5.03. The van der Waals surface area contributed by atoms with Crippen molar-refractivity contribution in [1.29, 1.82) is 0 Å². The molecular weight excluding hydrogens is 148 g/mol. The molecule has 0 aromatic carbocycles. The zero-order valence-corrected chi connectivity index (χ0v) is 8.48. The minimum atomic E-state index is 0.365. The summed E-state index contributed by atoms with van der Waals surface area (Å²) in [5, 5.41) is 3.48. The molecular formula is C10H20N2. The van der Waals surface area contributed by atoms with Crippen LogP contribution in [-0.2, 0) is 0 Å². The first-order chi connectivity index (χ1) is 5.55. The molecule has 1 spiro atoms. The third-order valence-electron chi connectivity index (χ3n) is 3.40. The number of nitrogens with one attached hydrogen (secondary N) is 1. The van der Waals surface area contributed by atoms with Crippen molar-refractivity contribution >= 4 is 0 Å². The Balaban J connectivity index is 2.09. The minimum absolute atomic E-state index is 0.365. The second-order valence-corrected chi connectivity index (χ2v) is 5.22. The van der Waals surface area contributed by atoms with E-state index in [-0.39, 0.29) is 0 Å². The van der Waals surface area contributed by atoms with Crippen LogP contribution in [0.25, 0.3) is 0 Å². The van der Waals surface area contributed by atoms with Gasteiger partial charge in [-0.25, -0.2) is 0 Å². The van der Waals surface area contributed by atoms with Gasteiger partial charge in [0, 0.05) is 24.2 Å². The van der Waals surface area contributed by atoms with Crippen molar-refractivity contribution in [3.05, 3.63) is 0 Å².